The van der Waals surface area contributed by atoms with E-state index >= 15 is 0 Å². The molecule has 0 unspecified atom stereocenters. The first kappa shape index (κ1) is 25.2. The van der Waals surface area contributed by atoms with Gasteiger partial charge in [-0.15, -0.1) is 0 Å². The third-order valence-corrected chi connectivity index (χ3v) is 8.29. The molecule has 0 saturated carbocycles. The molecular weight excluding hydrogens is 494 g/mol. The van der Waals surface area contributed by atoms with Crippen LogP contribution in [-0.4, -0.2) is 90.5 Å². The minimum absolute atomic E-state index is 0.0112. The predicted molar refractivity (Wildman–Crippen MR) is 140 cm³/mol. The van der Waals surface area contributed by atoms with E-state index in [2.05, 4.69) is 37.3 Å². The van der Waals surface area contributed by atoms with E-state index in [0.717, 1.165) is 43.1 Å². The summed E-state index contributed by atoms with van der Waals surface area (Å²) < 4.78 is 25.5. The molecule has 1 amide bonds. The van der Waals surface area contributed by atoms with Crippen LogP contribution < -0.4 is 10.2 Å². The van der Waals surface area contributed by atoms with Crippen molar-refractivity contribution in [3.63, 3.8) is 0 Å². The van der Waals surface area contributed by atoms with E-state index in [1.54, 1.807) is 24.4 Å². The standard InChI is InChI=1S/C25H31N7O4S/c1-30-10-12-31(13-11-30)17-5-6-18(22(14-17)27-25(34)21-4-3-8-26-21)24(33)15-23-19-16-32(37(2,35)36)9-7-20(19)28-29-23/h3-6,8,14,26H,7,9-13,15-16H2,1-2H3,(H,27,34)(H,28,29). The Balaban J connectivity index is 1.42. The Bertz CT molecular complexity index is 1410. The third-order valence-electron chi connectivity index (χ3n) is 7.04. The van der Waals surface area contributed by atoms with Gasteiger partial charge in [-0.1, -0.05) is 0 Å². The van der Waals surface area contributed by atoms with Gasteiger partial charge in [-0.25, -0.2) is 8.42 Å². The number of hydrogen-bond donors (Lipinski definition) is 3. The summed E-state index contributed by atoms with van der Waals surface area (Å²) >= 11 is 0. The van der Waals surface area contributed by atoms with Crippen molar-refractivity contribution in [3.05, 3.63) is 64.7 Å². The van der Waals surface area contributed by atoms with Crippen LogP contribution >= 0.6 is 0 Å². The molecule has 0 atom stereocenters. The fourth-order valence-corrected chi connectivity index (χ4v) is 5.59. The number of amides is 1. The summed E-state index contributed by atoms with van der Waals surface area (Å²) in [6.07, 6.45) is 3.36. The number of nitrogens with zero attached hydrogens (tertiary/aromatic N) is 4. The summed E-state index contributed by atoms with van der Waals surface area (Å²) in [6.45, 7) is 4.13. The van der Waals surface area contributed by atoms with E-state index in [0.29, 0.717) is 35.6 Å². The lowest BCUT2D eigenvalue weighted by atomic mass is 9.99. The van der Waals surface area contributed by atoms with Gasteiger partial charge >= 0.3 is 0 Å². The molecule has 3 aromatic rings. The molecule has 196 valence electrons. The zero-order valence-corrected chi connectivity index (χ0v) is 21.8. The van der Waals surface area contributed by atoms with Crippen LogP contribution in [0.5, 0.6) is 0 Å². The smallest absolute Gasteiger partial charge is 0.272 e. The first-order valence-electron chi connectivity index (χ1n) is 12.2. The molecule has 1 saturated heterocycles. The molecule has 5 rings (SSSR count). The van der Waals surface area contributed by atoms with Gasteiger partial charge in [0.2, 0.25) is 10.0 Å². The first-order valence-corrected chi connectivity index (χ1v) is 14.1. The Kier molecular flexibility index (Phi) is 6.88. The molecular formula is C25H31N7O4S. The summed E-state index contributed by atoms with van der Waals surface area (Å²) in [5.74, 6) is -0.548. The second kappa shape index (κ2) is 10.1. The number of benzene rings is 1. The van der Waals surface area contributed by atoms with Crippen LogP contribution in [0.25, 0.3) is 0 Å². The Morgan fingerprint density at radius 1 is 1.11 bits per heavy atom. The number of rotatable bonds is 7. The van der Waals surface area contributed by atoms with Crippen molar-refractivity contribution in [1.82, 2.24) is 24.4 Å². The molecule has 1 fully saturated rings. The lowest BCUT2D eigenvalue weighted by molar-refractivity contribution is 0.0992. The van der Waals surface area contributed by atoms with Crippen LogP contribution in [0.3, 0.4) is 0 Å². The third kappa shape index (κ3) is 5.45. The van der Waals surface area contributed by atoms with Crippen molar-refractivity contribution in [3.8, 4) is 0 Å². The first-order chi connectivity index (χ1) is 17.7. The molecule has 0 spiro atoms. The second-order valence-corrected chi connectivity index (χ2v) is 11.6. The summed E-state index contributed by atoms with van der Waals surface area (Å²) in [4.78, 5) is 33.8. The molecule has 2 aliphatic heterocycles. The number of ketones is 1. The van der Waals surface area contributed by atoms with Crippen molar-refractivity contribution in [2.75, 3.05) is 56.2 Å². The number of sulfonamides is 1. The molecule has 11 nitrogen and oxygen atoms in total. The van der Waals surface area contributed by atoms with Crippen molar-refractivity contribution in [2.45, 2.75) is 19.4 Å². The summed E-state index contributed by atoms with van der Waals surface area (Å²) in [5.41, 5.74) is 4.27. The highest BCUT2D eigenvalue weighted by molar-refractivity contribution is 7.88. The number of piperazine rings is 1. The van der Waals surface area contributed by atoms with Crippen LogP contribution in [0.15, 0.2) is 36.5 Å². The molecule has 0 radical (unpaired) electrons. The molecule has 2 aromatic heterocycles. The molecule has 0 bridgehead atoms. The molecule has 4 heterocycles. The molecule has 37 heavy (non-hydrogen) atoms. The molecule has 3 N–H and O–H groups in total. The molecule has 12 heteroatoms. The van der Waals surface area contributed by atoms with Crippen molar-refractivity contribution in [1.29, 1.82) is 0 Å². The van der Waals surface area contributed by atoms with Crippen LogP contribution in [-0.2, 0) is 29.4 Å². The minimum Gasteiger partial charge on any atom is -0.369 e. The number of Topliss-reactive ketones (excluding diaryl/α,β-unsaturated/α-hetero) is 1. The second-order valence-electron chi connectivity index (χ2n) is 9.63. The topological polar surface area (TPSA) is 134 Å². The van der Waals surface area contributed by atoms with E-state index in [1.807, 2.05) is 12.1 Å². The van der Waals surface area contributed by atoms with Crippen LogP contribution in [0.4, 0.5) is 11.4 Å². The summed E-state index contributed by atoms with van der Waals surface area (Å²) in [5, 5.41) is 10.2. The number of aromatic amines is 2. The lowest BCUT2D eigenvalue weighted by Crippen LogP contribution is -2.44. The molecule has 2 aliphatic rings. The molecule has 0 aliphatic carbocycles. The Morgan fingerprint density at radius 3 is 2.59 bits per heavy atom. The zero-order chi connectivity index (χ0) is 26.2. The monoisotopic (exact) mass is 525 g/mol. The minimum atomic E-state index is -3.36. The SMILES string of the molecule is CN1CCN(c2ccc(C(=O)Cc3n[nH]c4c3CN(S(C)(=O)=O)CC4)c(NC(=O)c3ccc[nH]3)c2)CC1. The number of likely N-dealkylation sites (N-methyl/N-ethyl adjacent to an activating group) is 1. The van der Waals surface area contributed by atoms with Gasteiger partial charge in [-0.2, -0.15) is 9.40 Å². The number of fused-ring (bicyclic) bond motifs is 1. The average molecular weight is 526 g/mol. The van der Waals surface area contributed by atoms with E-state index in [9.17, 15) is 18.0 Å². The van der Waals surface area contributed by atoms with Crippen LogP contribution in [0.2, 0.25) is 0 Å². The van der Waals surface area contributed by atoms with E-state index in [-0.39, 0.29) is 24.7 Å². The normalized spacial score (nSPS) is 17.0. The fraction of sp³-hybridized carbons (Fsp3) is 0.400. The number of H-pyrrole nitrogens is 2. The van der Waals surface area contributed by atoms with Gasteiger partial charge in [0.05, 0.1) is 24.1 Å². The van der Waals surface area contributed by atoms with Gasteiger partial charge in [0.1, 0.15) is 5.69 Å². The maximum Gasteiger partial charge on any atom is 0.272 e. The van der Waals surface area contributed by atoms with Gasteiger partial charge in [-0.3, -0.25) is 14.7 Å². The number of aromatic nitrogens is 3. The number of carbonyl (C=O) groups excluding carboxylic acids is 2. The Morgan fingerprint density at radius 2 is 1.89 bits per heavy atom. The molecule has 1 aromatic carbocycles. The number of carbonyl (C=O) groups is 2. The quantitative estimate of drug-likeness (QED) is 0.398. The highest BCUT2D eigenvalue weighted by atomic mass is 32.2. The average Bonchev–Trinajstić information content (AvgIpc) is 3.54. The van der Waals surface area contributed by atoms with E-state index in [1.165, 1.54) is 10.6 Å². The highest BCUT2D eigenvalue weighted by Crippen LogP contribution is 2.28. The van der Waals surface area contributed by atoms with Crippen LogP contribution in [0, 0.1) is 0 Å². The largest absolute Gasteiger partial charge is 0.369 e. The maximum atomic E-state index is 13.5. The van der Waals surface area contributed by atoms with Gasteiger partial charge in [0, 0.05) is 74.4 Å². The highest BCUT2D eigenvalue weighted by Gasteiger charge is 2.28. The maximum absolute atomic E-state index is 13.5. The van der Waals surface area contributed by atoms with Crippen molar-refractivity contribution < 1.29 is 18.0 Å². The number of anilines is 2. The predicted octanol–water partition coefficient (Wildman–Crippen LogP) is 1.49. The number of hydrogen-bond acceptors (Lipinski definition) is 7. The van der Waals surface area contributed by atoms with E-state index < -0.39 is 10.0 Å². The van der Waals surface area contributed by atoms with Crippen LogP contribution in [0.1, 0.15) is 37.8 Å². The van der Waals surface area contributed by atoms with E-state index in [4.69, 9.17) is 0 Å². The van der Waals surface area contributed by atoms with Crippen molar-refractivity contribution in [2.24, 2.45) is 0 Å². The van der Waals surface area contributed by atoms with Gasteiger partial charge in [0.25, 0.3) is 5.91 Å². The summed E-state index contributed by atoms with van der Waals surface area (Å²) in [6, 6.07) is 8.92. The van der Waals surface area contributed by atoms with Gasteiger partial charge in [-0.05, 0) is 37.4 Å². The van der Waals surface area contributed by atoms with Gasteiger partial charge in [0.15, 0.2) is 5.78 Å². The lowest BCUT2D eigenvalue weighted by Gasteiger charge is -2.34. The Hall–Kier alpha value is -3.48. The number of nitrogens with one attached hydrogen (secondary N) is 3. The summed E-state index contributed by atoms with van der Waals surface area (Å²) in [7, 11) is -1.27. The van der Waals surface area contributed by atoms with Gasteiger partial charge < -0.3 is 20.1 Å². The van der Waals surface area contributed by atoms with Crippen molar-refractivity contribution >= 4 is 33.1 Å². The Labute approximate surface area is 215 Å². The zero-order valence-electron chi connectivity index (χ0n) is 21.0. The fourth-order valence-electron chi connectivity index (χ4n) is 4.81.